The standard InChI is InChI=1S/C15H22BrFOS/c1-3-7-15(11-19,8-4-2)10-18-14-9-12(16)5-6-13(14)17/h5-6,9,19H,3-4,7-8,10-11H2,1-2H3. The van der Waals surface area contributed by atoms with Crippen LogP contribution in [0.1, 0.15) is 39.5 Å². The van der Waals surface area contributed by atoms with Crippen LogP contribution in [0.2, 0.25) is 0 Å². The average molecular weight is 349 g/mol. The van der Waals surface area contributed by atoms with E-state index in [2.05, 4.69) is 42.4 Å². The van der Waals surface area contributed by atoms with Gasteiger partial charge in [-0.15, -0.1) is 0 Å². The number of ether oxygens (including phenoxy) is 1. The summed E-state index contributed by atoms with van der Waals surface area (Å²) in [5, 5.41) is 0. The molecule has 0 radical (unpaired) electrons. The molecule has 19 heavy (non-hydrogen) atoms. The highest BCUT2D eigenvalue weighted by Crippen LogP contribution is 2.33. The van der Waals surface area contributed by atoms with Gasteiger partial charge < -0.3 is 4.74 Å². The van der Waals surface area contributed by atoms with Crippen LogP contribution in [0.4, 0.5) is 4.39 Å². The van der Waals surface area contributed by atoms with E-state index in [1.54, 1.807) is 12.1 Å². The van der Waals surface area contributed by atoms with E-state index in [1.165, 1.54) is 6.07 Å². The van der Waals surface area contributed by atoms with Crippen molar-refractivity contribution in [3.8, 4) is 5.75 Å². The van der Waals surface area contributed by atoms with Crippen LogP contribution in [-0.2, 0) is 0 Å². The Hall–Kier alpha value is -0.220. The Morgan fingerprint density at radius 2 is 1.89 bits per heavy atom. The molecule has 0 saturated carbocycles. The van der Waals surface area contributed by atoms with Gasteiger partial charge in [0.2, 0.25) is 0 Å². The molecule has 0 amide bonds. The van der Waals surface area contributed by atoms with Crippen molar-refractivity contribution < 1.29 is 9.13 Å². The van der Waals surface area contributed by atoms with Gasteiger partial charge in [-0.1, -0.05) is 42.6 Å². The van der Waals surface area contributed by atoms with Gasteiger partial charge in [-0.25, -0.2) is 4.39 Å². The molecular formula is C15H22BrFOS. The van der Waals surface area contributed by atoms with E-state index in [9.17, 15) is 4.39 Å². The summed E-state index contributed by atoms with van der Waals surface area (Å²) in [6, 6.07) is 4.77. The summed E-state index contributed by atoms with van der Waals surface area (Å²) in [4.78, 5) is 0. The Labute approximate surface area is 129 Å². The molecule has 1 aromatic carbocycles. The van der Waals surface area contributed by atoms with Crippen molar-refractivity contribution in [3.63, 3.8) is 0 Å². The van der Waals surface area contributed by atoms with Crippen molar-refractivity contribution in [3.05, 3.63) is 28.5 Å². The van der Waals surface area contributed by atoms with E-state index in [0.29, 0.717) is 12.4 Å². The molecule has 0 unspecified atom stereocenters. The van der Waals surface area contributed by atoms with Crippen molar-refractivity contribution in [2.75, 3.05) is 12.4 Å². The normalized spacial score (nSPS) is 11.6. The van der Waals surface area contributed by atoms with Gasteiger partial charge in [0.25, 0.3) is 0 Å². The minimum atomic E-state index is -0.315. The summed E-state index contributed by atoms with van der Waals surface area (Å²) in [5.41, 5.74) is 0.0430. The number of hydrogen-bond donors (Lipinski definition) is 1. The van der Waals surface area contributed by atoms with Crippen molar-refractivity contribution in [1.82, 2.24) is 0 Å². The SMILES string of the molecule is CCCC(CS)(CCC)COc1cc(Br)ccc1F. The minimum Gasteiger partial charge on any atom is -0.490 e. The van der Waals surface area contributed by atoms with Crippen LogP contribution in [0.5, 0.6) is 5.75 Å². The maximum Gasteiger partial charge on any atom is 0.165 e. The zero-order valence-corrected chi connectivity index (χ0v) is 14.1. The predicted octanol–water partition coefficient (Wildman–Crippen LogP) is 5.48. The van der Waals surface area contributed by atoms with Crippen LogP contribution in [0.15, 0.2) is 22.7 Å². The fourth-order valence-corrected chi connectivity index (χ4v) is 3.10. The van der Waals surface area contributed by atoms with Crippen molar-refractivity contribution in [2.24, 2.45) is 5.41 Å². The van der Waals surface area contributed by atoms with Crippen molar-refractivity contribution >= 4 is 28.6 Å². The first-order chi connectivity index (χ1) is 9.06. The van der Waals surface area contributed by atoms with Gasteiger partial charge in [0.15, 0.2) is 11.6 Å². The topological polar surface area (TPSA) is 9.23 Å². The molecule has 0 aliphatic carbocycles. The highest BCUT2D eigenvalue weighted by Gasteiger charge is 2.28. The van der Waals surface area contributed by atoms with Gasteiger partial charge in [-0.2, -0.15) is 12.6 Å². The molecule has 4 heteroatoms. The van der Waals surface area contributed by atoms with Crippen LogP contribution in [0.3, 0.4) is 0 Å². The molecule has 1 aromatic rings. The predicted molar refractivity (Wildman–Crippen MR) is 85.7 cm³/mol. The number of halogens is 2. The largest absolute Gasteiger partial charge is 0.490 e. The van der Waals surface area contributed by atoms with Gasteiger partial charge in [0, 0.05) is 9.89 Å². The zero-order chi connectivity index (χ0) is 14.3. The van der Waals surface area contributed by atoms with Gasteiger partial charge in [-0.05, 0) is 36.8 Å². The number of rotatable bonds is 8. The van der Waals surface area contributed by atoms with Crippen molar-refractivity contribution in [1.29, 1.82) is 0 Å². The monoisotopic (exact) mass is 348 g/mol. The maximum absolute atomic E-state index is 13.7. The Bertz CT molecular complexity index is 392. The Morgan fingerprint density at radius 3 is 2.42 bits per heavy atom. The Balaban J connectivity index is 2.77. The molecule has 0 bridgehead atoms. The molecular weight excluding hydrogens is 327 g/mol. The molecule has 0 atom stereocenters. The molecule has 0 heterocycles. The average Bonchev–Trinajstić information content (AvgIpc) is 2.40. The lowest BCUT2D eigenvalue weighted by molar-refractivity contribution is 0.139. The number of benzene rings is 1. The van der Waals surface area contributed by atoms with Gasteiger partial charge in [0.1, 0.15) is 0 Å². The van der Waals surface area contributed by atoms with E-state index in [4.69, 9.17) is 4.74 Å². The van der Waals surface area contributed by atoms with E-state index < -0.39 is 0 Å². The third-order valence-corrected chi connectivity index (χ3v) is 4.49. The second-order valence-electron chi connectivity index (χ2n) is 5.02. The van der Waals surface area contributed by atoms with Crippen LogP contribution in [0, 0.1) is 11.2 Å². The summed E-state index contributed by atoms with van der Waals surface area (Å²) >= 11 is 7.81. The van der Waals surface area contributed by atoms with Crippen LogP contribution < -0.4 is 4.74 Å². The summed E-state index contributed by atoms with van der Waals surface area (Å²) < 4.78 is 20.2. The van der Waals surface area contributed by atoms with E-state index in [-0.39, 0.29) is 11.2 Å². The summed E-state index contributed by atoms with van der Waals surface area (Å²) in [5.74, 6) is 0.765. The molecule has 0 aliphatic rings. The molecule has 0 N–H and O–H groups in total. The lowest BCUT2D eigenvalue weighted by Crippen LogP contribution is -2.30. The molecule has 108 valence electrons. The zero-order valence-electron chi connectivity index (χ0n) is 11.6. The Kier molecular flexibility index (Phi) is 7.22. The summed E-state index contributed by atoms with van der Waals surface area (Å²) in [7, 11) is 0. The molecule has 1 nitrogen and oxygen atoms in total. The van der Waals surface area contributed by atoms with Crippen LogP contribution in [0.25, 0.3) is 0 Å². The molecule has 0 aromatic heterocycles. The summed E-state index contributed by atoms with van der Waals surface area (Å²) in [6.07, 6.45) is 4.29. The first-order valence-electron chi connectivity index (χ1n) is 6.75. The maximum atomic E-state index is 13.7. The van der Waals surface area contributed by atoms with Gasteiger partial charge >= 0.3 is 0 Å². The second-order valence-corrected chi connectivity index (χ2v) is 6.25. The summed E-state index contributed by atoms with van der Waals surface area (Å²) in [6.45, 7) is 4.84. The smallest absolute Gasteiger partial charge is 0.165 e. The molecule has 0 aliphatic heterocycles. The highest BCUT2D eigenvalue weighted by atomic mass is 79.9. The van der Waals surface area contributed by atoms with Crippen LogP contribution in [-0.4, -0.2) is 12.4 Å². The van der Waals surface area contributed by atoms with Crippen molar-refractivity contribution in [2.45, 2.75) is 39.5 Å². The molecule has 0 saturated heterocycles. The second kappa shape index (κ2) is 8.15. The molecule has 0 fully saturated rings. The fourth-order valence-electron chi connectivity index (χ4n) is 2.35. The van der Waals surface area contributed by atoms with Crippen LogP contribution >= 0.6 is 28.6 Å². The van der Waals surface area contributed by atoms with E-state index in [1.807, 2.05) is 0 Å². The number of thiol groups is 1. The first-order valence-corrected chi connectivity index (χ1v) is 8.18. The lowest BCUT2D eigenvalue weighted by Gasteiger charge is -2.31. The minimum absolute atomic E-state index is 0.0430. The van der Waals surface area contributed by atoms with E-state index in [0.717, 1.165) is 35.9 Å². The van der Waals surface area contributed by atoms with E-state index >= 15 is 0 Å². The number of hydrogen-bond acceptors (Lipinski definition) is 2. The fraction of sp³-hybridized carbons (Fsp3) is 0.600. The quantitative estimate of drug-likeness (QED) is 0.611. The molecule has 0 spiro atoms. The third-order valence-electron chi connectivity index (χ3n) is 3.32. The van der Waals surface area contributed by atoms with Gasteiger partial charge in [-0.3, -0.25) is 0 Å². The highest BCUT2D eigenvalue weighted by molar-refractivity contribution is 9.10. The Morgan fingerprint density at radius 1 is 1.26 bits per heavy atom. The molecule has 1 rings (SSSR count). The third kappa shape index (κ3) is 4.99. The lowest BCUT2D eigenvalue weighted by atomic mass is 9.82. The van der Waals surface area contributed by atoms with Gasteiger partial charge in [0.05, 0.1) is 6.61 Å². The first kappa shape index (κ1) is 16.8.